The van der Waals surface area contributed by atoms with E-state index in [1.54, 1.807) is 11.3 Å². The molecule has 1 aromatic heterocycles. The number of halogens is 1. The number of aliphatic carboxylic acids is 1. The summed E-state index contributed by atoms with van der Waals surface area (Å²) in [6, 6.07) is 2.13. The van der Waals surface area contributed by atoms with E-state index in [2.05, 4.69) is 35.0 Å². The van der Waals surface area contributed by atoms with Gasteiger partial charge in [0.25, 0.3) is 0 Å². The minimum Gasteiger partial charge on any atom is -0.481 e. The Morgan fingerprint density at radius 3 is 2.89 bits per heavy atom. The van der Waals surface area contributed by atoms with Crippen molar-refractivity contribution in [2.45, 2.75) is 51.2 Å². The van der Waals surface area contributed by atoms with Crippen molar-refractivity contribution >= 4 is 45.0 Å². The Bertz CT molecular complexity index is 666. The molecule has 0 bridgehead atoms. The normalized spacial score (nSPS) is 23.8. The van der Waals surface area contributed by atoms with Gasteiger partial charge in [-0.25, -0.2) is 0 Å². The maximum atomic E-state index is 10.5. The van der Waals surface area contributed by atoms with Crippen LogP contribution in [-0.4, -0.2) is 45.0 Å². The van der Waals surface area contributed by atoms with E-state index in [9.17, 15) is 15.0 Å². The molecule has 4 nitrogen and oxygen atoms in total. The Labute approximate surface area is 183 Å². The lowest BCUT2D eigenvalue weighted by molar-refractivity contribution is -0.133. The van der Waals surface area contributed by atoms with Gasteiger partial charge in [0.2, 0.25) is 0 Å². The topological polar surface area (TPSA) is 77.8 Å². The third-order valence-corrected chi connectivity index (χ3v) is 8.11. The van der Waals surface area contributed by atoms with Crippen molar-refractivity contribution in [1.29, 1.82) is 0 Å². The highest BCUT2D eigenvalue weighted by Gasteiger charge is 2.32. The van der Waals surface area contributed by atoms with E-state index >= 15 is 0 Å². The third kappa shape index (κ3) is 8.03. The second kappa shape index (κ2) is 12.2. The van der Waals surface area contributed by atoms with Crippen LogP contribution in [0.3, 0.4) is 0 Å². The summed E-state index contributed by atoms with van der Waals surface area (Å²) in [6.45, 7) is 2.08. The molecule has 156 valence electrons. The number of aliphatic hydroxyl groups excluding tert-OH is 2. The molecule has 1 saturated carbocycles. The van der Waals surface area contributed by atoms with E-state index in [1.165, 1.54) is 21.5 Å². The Morgan fingerprint density at radius 1 is 1.43 bits per heavy atom. The SMILES string of the molecule is Cc1sc(CC[C@H](O)/C=C/[C@H]2CCC(O)[C@@H]2C/C=C\CSCC(=O)O)cc1Br. The Kier molecular flexibility index (Phi) is 10.3. The van der Waals surface area contributed by atoms with Crippen molar-refractivity contribution in [3.05, 3.63) is 44.6 Å². The standard InChI is InChI=1S/C21H29BrO4S2/c1-14-19(22)12-17(28-14)9-8-16(23)7-5-15-6-10-20(24)18(15)4-2-3-11-27-13-21(25)26/h2-3,5,7,12,15-16,18,20,23-24H,4,6,8-11,13H2,1H3,(H,25,26)/b3-2-,7-5+/t15-,16+,18+,20?/m0/s1. The van der Waals surface area contributed by atoms with Crippen LogP contribution in [0.4, 0.5) is 0 Å². The zero-order chi connectivity index (χ0) is 20.5. The van der Waals surface area contributed by atoms with Crippen LogP contribution in [-0.2, 0) is 11.2 Å². The molecule has 0 spiro atoms. The van der Waals surface area contributed by atoms with Crippen LogP contribution in [0.15, 0.2) is 34.8 Å². The molecule has 1 fully saturated rings. The van der Waals surface area contributed by atoms with Gasteiger partial charge in [-0.3, -0.25) is 4.79 Å². The molecular weight excluding hydrogens is 460 g/mol. The number of aliphatic hydroxyl groups is 2. The molecule has 2 rings (SSSR count). The number of hydrogen-bond acceptors (Lipinski definition) is 5. The van der Waals surface area contributed by atoms with Crippen molar-refractivity contribution < 1.29 is 20.1 Å². The van der Waals surface area contributed by atoms with Gasteiger partial charge in [-0.15, -0.1) is 23.1 Å². The largest absolute Gasteiger partial charge is 0.481 e. The summed E-state index contributed by atoms with van der Waals surface area (Å²) in [5.74, 6) is 0.434. The van der Waals surface area contributed by atoms with Gasteiger partial charge in [0.15, 0.2) is 0 Å². The number of carbonyl (C=O) groups is 1. The molecule has 0 aromatic carbocycles. The first kappa shape index (κ1) is 23.7. The van der Waals surface area contributed by atoms with Gasteiger partial charge >= 0.3 is 5.97 Å². The summed E-state index contributed by atoms with van der Waals surface area (Å²) in [7, 11) is 0. The lowest BCUT2D eigenvalue weighted by Crippen LogP contribution is -2.17. The third-order valence-electron chi connectivity index (χ3n) is 5.03. The van der Waals surface area contributed by atoms with Crippen LogP contribution in [0, 0.1) is 18.8 Å². The van der Waals surface area contributed by atoms with E-state index < -0.39 is 12.1 Å². The predicted molar refractivity (Wildman–Crippen MR) is 121 cm³/mol. The summed E-state index contributed by atoms with van der Waals surface area (Å²) in [6.07, 6.45) is 11.3. The molecule has 1 heterocycles. The molecule has 1 unspecified atom stereocenters. The van der Waals surface area contributed by atoms with E-state index in [-0.39, 0.29) is 23.7 Å². The first-order chi connectivity index (χ1) is 13.4. The number of hydrogen-bond donors (Lipinski definition) is 3. The highest BCUT2D eigenvalue weighted by atomic mass is 79.9. The molecule has 0 radical (unpaired) electrons. The fourth-order valence-corrected chi connectivity index (χ4v) is 5.66. The van der Waals surface area contributed by atoms with Crippen molar-refractivity contribution in [2.24, 2.45) is 11.8 Å². The number of allylic oxidation sites excluding steroid dienone is 2. The maximum Gasteiger partial charge on any atom is 0.313 e. The first-order valence-corrected chi connectivity index (χ1v) is 12.4. The predicted octanol–water partition coefficient (Wildman–Crippen LogP) is 4.82. The van der Waals surface area contributed by atoms with Crippen LogP contribution < -0.4 is 0 Å². The molecule has 4 atom stereocenters. The molecule has 1 aromatic rings. The fourth-order valence-electron chi connectivity index (χ4n) is 3.48. The lowest BCUT2D eigenvalue weighted by atomic mass is 9.90. The summed E-state index contributed by atoms with van der Waals surface area (Å²) >= 11 is 6.66. The Morgan fingerprint density at radius 2 is 2.21 bits per heavy atom. The molecule has 1 aliphatic rings. The minimum atomic E-state index is -0.796. The number of carboxylic acid groups (broad SMARTS) is 1. The van der Waals surface area contributed by atoms with Crippen molar-refractivity contribution in [1.82, 2.24) is 0 Å². The average molecular weight is 489 g/mol. The monoisotopic (exact) mass is 488 g/mol. The number of rotatable bonds is 11. The van der Waals surface area contributed by atoms with Crippen LogP contribution in [0.25, 0.3) is 0 Å². The molecule has 3 N–H and O–H groups in total. The molecule has 0 saturated heterocycles. The number of aryl methyl sites for hydroxylation is 2. The van der Waals surface area contributed by atoms with Crippen LogP contribution in [0.2, 0.25) is 0 Å². The Hall–Kier alpha value is -0.600. The van der Waals surface area contributed by atoms with E-state index in [0.29, 0.717) is 12.2 Å². The van der Waals surface area contributed by atoms with Crippen molar-refractivity contribution in [3.8, 4) is 0 Å². The van der Waals surface area contributed by atoms with Crippen LogP contribution >= 0.6 is 39.0 Å². The van der Waals surface area contributed by atoms with Gasteiger partial charge in [0.1, 0.15) is 0 Å². The zero-order valence-corrected chi connectivity index (χ0v) is 19.3. The van der Waals surface area contributed by atoms with Gasteiger partial charge in [-0.1, -0.05) is 24.3 Å². The molecule has 28 heavy (non-hydrogen) atoms. The molecular formula is C21H29BrO4S2. The first-order valence-electron chi connectivity index (χ1n) is 9.60. The lowest BCUT2D eigenvalue weighted by Gasteiger charge is -2.18. The van der Waals surface area contributed by atoms with E-state index in [1.807, 2.05) is 18.2 Å². The molecule has 0 aliphatic heterocycles. The summed E-state index contributed by atoms with van der Waals surface area (Å²) < 4.78 is 1.13. The summed E-state index contributed by atoms with van der Waals surface area (Å²) in [5, 5.41) is 29.2. The fraction of sp³-hybridized carbons (Fsp3) is 0.571. The molecule has 7 heteroatoms. The number of carboxylic acids is 1. The highest BCUT2D eigenvalue weighted by molar-refractivity contribution is 9.10. The quantitative estimate of drug-likeness (QED) is 0.307. The average Bonchev–Trinajstić information content (AvgIpc) is 3.16. The van der Waals surface area contributed by atoms with Gasteiger partial charge in [0, 0.05) is 20.0 Å². The Balaban J connectivity index is 1.76. The second-order valence-electron chi connectivity index (χ2n) is 7.20. The van der Waals surface area contributed by atoms with Crippen LogP contribution in [0.5, 0.6) is 0 Å². The van der Waals surface area contributed by atoms with Crippen LogP contribution in [0.1, 0.15) is 35.4 Å². The zero-order valence-electron chi connectivity index (χ0n) is 16.1. The minimum absolute atomic E-state index is 0.113. The van der Waals surface area contributed by atoms with E-state index in [0.717, 1.165) is 30.2 Å². The second-order valence-corrected chi connectivity index (χ2v) is 10.4. The highest BCUT2D eigenvalue weighted by Crippen LogP contribution is 2.36. The molecule has 1 aliphatic carbocycles. The maximum absolute atomic E-state index is 10.5. The van der Waals surface area contributed by atoms with Gasteiger partial charge < -0.3 is 15.3 Å². The smallest absolute Gasteiger partial charge is 0.313 e. The van der Waals surface area contributed by atoms with E-state index in [4.69, 9.17) is 5.11 Å². The van der Waals surface area contributed by atoms with Gasteiger partial charge in [0.05, 0.1) is 18.0 Å². The molecule has 0 amide bonds. The van der Waals surface area contributed by atoms with Gasteiger partial charge in [-0.05, 0) is 72.9 Å². The number of thioether (sulfide) groups is 1. The number of thiophene rings is 1. The summed E-state index contributed by atoms with van der Waals surface area (Å²) in [5.41, 5.74) is 0. The summed E-state index contributed by atoms with van der Waals surface area (Å²) in [4.78, 5) is 13.0. The van der Waals surface area contributed by atoms with Gasteiger partial charge in [-0.2, -0.15) is 0 Å². The van der Waals surface area contributed by atoms with Crippen molar-refractivity contribution in [3.63, 3.8) is 0 Å². The van der Waals surface area contributed by atoms with Crippen molar-refractivity contribution in [2.75, 3.05) is 11.5 Å².